The lowest BCUT2D eigenvalue weighted by Gasteiger charge is -2.25. The van der Waals surface area contributed by atoms with Gasteiger partial charge in [-0.2, -0.15) is 5.26 Å². The number of carbonyl (C=O) groups is 1. The zero-order valence-corrected chi connectivity index (χ0v) is 14.0. The molecule has 5 heteroatoms. The summed E-state index contributed by atoms with van der Waals surface area (Å²) in [6.45, 7) is 4.16. The summed E-state index contributed by atoms with van der Waals surface area (Å²) in [6.07, 6.45) is -0.688. The molecule has 0 aliphatic heterocycles. The van der Waals surface area contributed by atoms with Crippen LogP contribution in [0.2, 0.25) is 0 Å². The number of methoxy groups -OCH3 is 1. The summed E-state index contributed by atoms with van der Waals surface area (Å²) < 4.78 is 11.0. The number of para-hydroxylation sites is 1. The van der Waals surface area contributed by atoms with E-state index in [1.807, 2.05) is 43.3 Å². The number of rotatable bonds is 6. The van der Waals surface area contributed by atoms with Gasteiger partial charge in [0, 0.05) is 18.3 Å². The molecule has 124 valence electrons. The fourth-order valence-electron chi connectivity index (χ4n) is 2.37. The Kier molecular flexibility index (Phi) is 5.80. The lowest BCUT2D eigenvalue weighted by Crippen LogP contribution is -2.40. The van der Waals surface area contributed by atoms with E-state index in [4.69, 9.17) is 14.7 Å². The molecule has 0 saturated carbocycles. The molecule has 0 bridgehead atoms. The number of amides is 1. The maximum absolute atomic E-state index is 12.7. The Labute approximate surface area is 142 Å². The van der Waals surface area contributed by atoms with Crippen molar-refractivity contribution in [3.05, 3.63) is 54.1 Å². The van der Waals surface area contributed by atoms with E-state index in [1.165, 1.54) is 7.11 Å². The van der Waals surface area contributed by atoms with Gasteiger partial charge in [0.2, 0.25) is 0 Å². The second kappa shape index (κ2) is 8.02. The van der Waals surface area contributed by atoms with Crippen molar-refractivity contribution in [1.82, 2.24) is 0 Å². The zero-order valence-electron chi connectivity index (χ0n) is 14.0. The van der Waals surface area contributed by atoms with E-state index < -0.39 is 6.10 Å². The average molecular weight is 324 g/mol. The number of likely N-dealkylation sites (N-methyl/N-ethyl adjacent to an activating group) is 1. The van der Waals surface area contributed by atoms with Gasteiger partial charge >= 0.3 is 0 Å². The summed E-state index contributed by atoms with van der Waals surface area (Å²) >= 11 is 0. The number of nitrogens with zero attached hydrogens (tertiary/aromatic N) is 2. The van der Waals surface area contributed by atoms with Crippen LogP contribution in [0, 0.1) is 11.3 Å². The second-order valence-corrected chi connectivity index (χ2v) is 5.16. The minimum atomic E-state index is -0.688. The Balaban J connectivity index is 2.18. The average Bonchev–Trinajstić information content (AvgIpc) is 2.63. The molecule has 0 N–H and O–H groups in total. The molecule has 1 atom stereocenters. The van der Waals surface area contributed by atoms with Crippen molar-refractivity contribution in [2.75, 3.05) is 18.6 Å². The first-order valence-electron chi connectivity index (χ1n) is 7.72. The van der Waals surface area contributed by atoms with Crippen molar-refractivity contribution in [3.63, 3.8) is 0 Å². The van der Waals surface area contributed by atoms with Gasteiger partial charge in [0.1, 0.15) is 0 Å². The second-order valence-electron chi connectivity index (χ2n) is 5.16. The largest absolute Gasteiger partial charge is 0.493 e. The van der Waals surface area contributed by atoms with E-state index in [-0.39, 0.29) is 5.91 Å². The highest BCUT2D eigenvalue weighted by molar-refractivity contribution is 5.96. The van der Waals surface area contributed by atoms with Crippen molar-refractivity contribution in [2.24, 2.45) is 0 Å². The van der Waals surface area contributed by atoms with Gasteiger partial charge in [-0.1, -0.05) is 18.2 Å². The van der Waals surface area contributed by atoms with Crippen molar-refractivity contribution in [3.8, 4) is 17.6 Å². The highest BCUT2D eigenvalue weighted by Crippen LogP contribution is 2.29. The Morgan fingerprint density at radius 3 is 2.50 bits per heavy atom. The molecule has 0 unspecified atom stereocenters. The summed E-state index contributed by atoms with van der Waals surface area (Å²) in [7, 11) is 1.50. The first-order valence-corrected chi connectivity index (χ1v) is 7.72. The van der Waals surface area contributed by atoms with Gasteiger partial charge < -0.3 is 14.4 Å². The number of benzene rings is 2. The van der Waals surface area contributed by atoms with Gasteiger partial charge in [0.25, 0.3) is 5.91 Å². The lowest BCUT2D eigenvalue weighted by molar-refractivity contribution is -0.124. The highest BCUT2D eigenvalue weighted by Gasteiger charge is 2.23. The third-order valence-electron chi connectivity index (χ3n) is 3.59. The number of nitriles is 1. The molecule has 2 aromatic carbocycles. The lowest BCUT2D eigenvalue weighted by atomic mass is 10.2. The number of anilines is 1. The van der Waals surface area contributed by atoms with Crippen molar-refractivity contribution < 1.29 is 14.3 Å². The van der Waals surface area contributed by atoms with Crippen LogP contribution in [-0.2, 0) is 4.79 Å². The predicted molar refractivity (Wildman–Crippen MR) is 92.3 cm³/mol. The van der Waals surface area contributed by atoms with Crippen LogP contribution in [0.4, 0.5) is 5.69 Å². The molecule has 0 aliphatic rings. The van der Waals surface area contributed by atoms with Crippen LogP contribution in [0.25, 0.3) is 0 Å². The number of hydrogen-bond donors (Lipinski definition) is 0. The van der Waals surface area contributed by atoms with E-state index in [2.05, 4.69) is 0 Å². The Morgan fingerprint density at radius 1 is 1.21 bits per heavy atom. The molecule has 0 aromatic heterocycles. The zero-order chi connectivity index (χ0) is 17.5. The van der Waals surface area contributed by atoms with Gasteiger partial charge in [-0.15, -0.1) is 0 Å². The van der Waals surface area contributed by atoms with Gasteiger partial charge in [-0.25, -0.2) is 0 Å². The minimum Gasteiger partial charge on any atom is -0.493 e. The normalized spacial score (nSPS) is 11.2. The fourth-order valence-corrected chi connectivity index (χ4v) is 2.37. The van der Waals surface area contributed by atoms with Crippen molar-refractivity contribution >= 4 is 11.6 Å². The topological polar surface area (TPSA) is 62.6 Å². The molecule has 0 radical (unpaired) electrons. The van der Waals surface area contributed by atoms with Crippen molar-refractivity contribution in [2.45, 2.75) is 20.0 Å². The molecule has 0 saturated heterocycles. The van der Waals surface area contributed by atoms with Gasteiger partial charge in [0.05, 0.1) is 18.7 Å². The van der Waals surface area contributed by atoms with Crippen LogP contribution in [-0.4, -0.2) is 25.7 Å². The third-order valence-corrected chi connectivity index (χ3v) is 3.59. The molecular formula is C19H20N2O3. The molecule has 1 amide bonds. The van der Waals surface area contributed by atoms with E-state index in [0.717, 1.165) is 5.69 Å². The van der Waals surface area contributed by atoms with Crippen LogP contribution >= 0.6 is 0 Å². The summed E-state index contributed by atoms with van der Waals surface area (Å²) in [6, 6.07) is 16.4. The monoisotopic (exact) mass is 324 g/mol. The maximum Gasteiger partial charge on any atom is 0.267 e. The summed E-state index contributed by atoms with van der Waals surface area (Å²) in [5.74, 6) is 0.716. The van der Waals surface area contributed by atoms with E-state index in [1.54, 1.807) is 30.0 Å². The van der Waals surface area contributed by atoms with E-state index >= 15 is 0 Å². The van der Waals surface area contributed by atoms with E-state index in [9.17, 15) is 4.79 Å². The first kappa shape index (κ1) is 17.4. The highest BCUT2D eigenvalue weighted by atomic mass is 16.5. The summed E-state index contributed by atoms with van der Waals surface area (Å²) in [5, 5.41) is 8.94. The van der Waals surface area contributed by atoms with Crippen molar-refractivity contribution in [1.29, 1.82) is 5.26 Å². The smallest absolute Gasteiger partial charge is 0.267 e. The molecule has 0 aliphatic carbocycles. The number of hydrogen-bond acceptors (Lipinski definition) is 4. The fraction of sp³-hybridized carbons (Fsp3) is 0.263. The molecule has 0 heterocycles. The third kappa shape index (κ3) is 3.85. The molecule has 2 aromatic rings. The maximum atomic E-state index is 12.7. The Morgan fingerprint density at radius 2 is 1.92 bits per heavy atom. The van der Waals surface area contributed by atoms with Crippen LogP contribution in [0.15, 0.2) is 48.5 Å². The van der Waals surface area contributed by atoms with Crippen LogP contribution in [0.3, 0.4) is 0 Å². The van der Waals surface area contributed by atoms with Gasteiger partial charge in [-0.3, -0.25) is 4.79 Å². The Bertz CT molecular complexity index is 738. The van der Waals surface area contributed by atoms with Crippen LogP contribution in [0.5, 0.6) is 11.5 Å². The Hall–Kier alpha value is -3.00. The number of ether oxygens (including phenoxy) is 2. The molecular weight excluding hydrogens is 304 g/mol. The predicted octanol–water partition coefficient (Wildman–Crippen LogP) is 3.39. The molecule has 2 rings (SSSR count). The molecule has 5 nitrogen and oxygen atoms in total. The standard InChI is InChI=1S/C19H20N2O3/c1-4-21(16-8-6-5-7-9-16)19(22)14(2)24-17-11-10-15(13-20)12-18(17)23-3/h5-12,14H,4H2,1-3H3/t14-/m0/s1. The number of carbonyl (C=O) groups excluding carboxylic acids is 1. The SMILES string of the molecule is CCN(C(=O)[C@H](C)Oc1ccc(C#N)cc1OC)c1ccccc1. The quantitative estimate of drug-likeness (QED) is 0.817. The molecule has 0 spiro atoms. The van der Waals surface area contributed by atoms with Crippen LogP contribution in [0.1, 0.15) is 19.4 Å². The minimum absolute atomic E-state index is 0.143. The van der Waals surface area contributed by atoms with Crippen LogP contribution < -0.4 is 14.4 Å². The molecule has 24 heavy (non-hydrogen) atoms. The van der Waals surface area contributed by atoms with Gasteiger partial charge in [-0.05, 0) is 38.1 Å². The summed E-state index contributed by atoms with van der Waals surface area (Å²) in [4.78, 5) is 14.4. The van der Waals surface area contributed by atoms with Gasteiger partial charge in [0.15, 0.2) is 17.6 Å². The summed E-state index contributed by atoms with van der Waals surface area (Å²) in [5.41, 5.74) is 1.30. The molecule has 0 fully saturated rings. The first-order chi connectivity index (χ1) is 11.6. The van der Waals surface area contributed by atoms with E-state index in [0.29, 0.717) is 23.6 Å².